The molecule has 2 amide bonds. The summed E-state index contributed by atoms with van der Waals surface area (Å²) in [6.45, 7) is 0.503. The van der Waals surface area contributed by atoms with Gasteiger partial charge in [0.15, 0.2) is 0 Å². The highest BCUT2D eigenvalue weighted by Crippen LogP contribution is 2.29. The molecule has 1 unspecified atom stereocenters. The lowest BCUT2D eigenvalue weighted by molar-refractivity contribution is 0.0998. The van der Waals surface area contributed by atoms with Gasteiger partial charge in [-0.05, 0) is 60.5 Å². The Labute approximate surface area is 211 Å². The van der Waals surface area contributed by atoms with Crippen molar-refractivity contribution in [2.45, 2.75) is 12.5 Å². The number of ether oxygens (including phenoxy) is 1. The molecule has 0 saturated carbocycles. The van der Waals surface area contributed by atoms with Crippen LogP contribution in [0.5, 0.6) is 0 Å². The number of hydrogen-bond donors (Lipinski definition) is 3. The lowest BCUT2D eigenvalue weighted by atomic mass is 10.0. The minimum atomic E-state index is -0.551. The number of primary amides is 1. The van der Waals surface area contributed by atoms with Crippen LogP contribution >= 0.6 is 15.9 Å². The molecular formula is C26H24BrN5O3. The third-order valence-electron chi connectivity index (χ3n) is 5.51. The highest BCUT2D eigenvalue weighted by atomic mass is 79.9. The van der Waals surface area contributed by atoms with E-state index < -0.39 is 5.91 Å². The number of nitrogens with zero attached hydrogens (tertiary/aromatic N) is 2. The number of carbonyl (C=O) groups is 2. The molecule has 0 saturated heterocycles. The smallest absolute Gasteiger partial charge is 0.255 e. The van der Waals surface area contributed by atoms with Crippen LogP contribution in [0.4, 0.5) is 11.5 Å². The number of rotatable bonds is 9. The first-order chi connectivity index (χ1) is 17.0. The Morgan fingerprint density at radius 3 is 2.57 bits per heavy atom. The molecule has 9 heteroatoms. The van der Waals surface area contributed by atoms with Gasteiger partial charge in [0, 0.05) is 34.8 Å². The van der Waals surface area contributed by atoms with Crippen LogP contribution in [0.15, 0.2) is 77.5 Å². The van der Waals surface area contributed by atoms with Gasteiger partial charge in [-0.1, -0.05) is 34.1 Å². The predicted octanol–water partition coefficient (Wildman–Crippen LogP) is 4.93. The third-order valence-corrected chi connectivity index (χ3v) is 6.03. The van der Waals surface area contributed by atoms with Crippen LogP contribution in [0.1, 0.15) is 38.7 Å². The molecule has 0 radical (unpaired) electrons. The van der Waals surface area contributed by atoms with E-state index in [0.29, 0.717) is 46.6 Å². The van der Waals surface area contributed by atoms with E-state index in [4.69, 9.17) is 10.5 Å². The number of nitrogens with one attached hydrogen (secondary N) is 2. The Hall–Kier alpha value is -3.82. The maximum Gasteiger partial charge on any atom is 0.255 e. The highest BCUT2D eigenvalue weighted by Gasteiger charge is 2.17. The van der Waals surface area contributed by atoms with Crippen LogP contribution in [0.2, 0.25) is 0 Å². The summed E-state index contributed by atoms with van der Waals surface area (Å²) in [5.41, 5.74) is 8.51. The molecule has 4 N–H and O–H groups in total. The van der Waals surface area contributed by atoms with E-state index in [2.05, 4.69) is 36.5 Å². The molecule has 4 rings (SSSR count). The zero-order valence-corrected chi connectivity index (χ0v) is 20.6. The van der Waals surface area contributed by atoms with Gasteiger partial charge < -0.3 is 21.1 Å². The highest BCUT2D eigenvalue weighted by molar-refractivity contribution is 9.10. The second kappa shape index (κ2) is 11.1. The quantitative estimate of drug-likeness (QED) is 0.280. The molecule has 1 heterocycles. The molecule has 1 aromatic heterocycles. The Balaban J connectivity index is 1.62. The van der Waals surface area contributed by atoms with Gasteiger partial charge in [-0.25, -0.2) is 9.97 Å². The first-order valence-electron chi connectivity index (χ1n) is 10.9. The van der Waals surface area contributed by atoms with Gasteiger partial charge in [0.1, 0.15) is 12.1 Å². The van der Waals surface area contributed by atoms with E-state index in [0.717, 1.165) is 10.0 Å². The van der Waals surface area contributed by atoms with E-state index in [9.17, 15) is 9.59 Å². The average molecular weight is 534 g/mol. The number of benzene rings is 3. The largest absolute Gasteiger partial charge is 0.385 e. The maximum absolute atomic E-state index is 12.7. The molecule has 4 aromatic rings. The Morgan fingerprint density at radius 2 is 1.83 bits per heavy atom. The molecule has 3 aromatic carbocycles. The van der Waals surface area contributed by atoms with Gasteiger partial charge in [-0.3, -0.25) is 9.59 Å². The van der Waals surface area contributed by atoms with Crippen molar-refractivity contribution in [2.75, 3.05) is 24.4 Å². The van der Waals surface area contributed by atoms with Crippen molar-refractivity contribution in [1.82, 2.24) is 9.97 Å². The van der Waals surface area contributed by atoms with Crippen molar-refractivity contribution in [3.63, 3.8) is 0 Å². The van der Waals surface area contributed by atoms with Gasteiger partial charge in [-0.2, -0.15) is 0 Å². The van der Waals surface area contributed by atoms with Crippen molar-refractivity contribution >= 4 is 50.2 Å². The molecule has 0 bridgehead atoms. The van der Waals surface area contributed by atoms with Crippen molar-refractivity contribution in [3.8, 4) is 0 Å². The van der Waals surface area contributed by atoms with Crippen molar-refractivity contribution in [3.05, 3.63) is 94.2 Å². The molecular weight excluding hydrogens is 510 g/mol. The maximum atomic E-state index is 12.7. The van der Waals surface area contributed by atoms with Gasteiger partial charge in [-0.15, -0.1) is 0 Å². The lowest BCUT2D eigenvalue weighted by Gasteiger charge is -2.21. The minimum Gasteiger partial charge on any atom is -0.385 e. The predicted molar refractivity (Wildman–Crippen MR) is 139 cm³/mol. The van der Waals surface area contributed by atoms with E-state index in [1.165, 1.54) is 6.33 Å². The summed E-state index contributed by atoms with van der Waals surface area (Å²) in [6, 6.07) is 19.8. The minimum absolute atomic E-state index is 0.185. The van der Waals surface area contributed by atoms with Crippen LogP contribution in [-0.2, 0) is 4.74 Å². The monoisotopic (exact) mass is 533 g/mol. The molecule has 0 fully saturated rings. The fraction of sp³-hybridized carbons (Fsp3) is 0.154. The van der Waals surface area contributed by atoms with Crippen LogP contribution in [0.3, 0.4) is 0 Å². The Bertz CT molecular complexity index is 1360. The summed E-state index contributed by atoms with van der Waals surface area (Å²) < 4.78 is 6.23. The van der Waals surface area contributed by atoms with Crippen LogP contribution in [0.25, 0.3) is 10.9 Å². The fourth-order valence-electron chi connectivity index (χ4n) is 3.76. The van der Waals surface area contributed by atoms with Gasteiger partial charge in [0.05, 0.1) is 17.1 Å². The number of hydrogen-bond acceptors (Lipinski definition) is 6. The molecule has 1 atom stereocenters. The topological polar surface area (TPSA) is 119 Å². The van der Waals surface area contributed by atoms with E-state index >= 15 is 0 Å². The Morgan fingerprint density at radius 1 is 1.06 bits per heavy atom. The summed E-state index contributed by atoms with van der Waals surface area (Å²) in [5, 5.41) is 7.09. The number of nitrogens with two attached hydrogens (primary N) is 1. The third kappa shape index (κ3) is 5.82. The summed E-state index contributed by atoms with van der Waals surface area (Å²) in [5.74, 6) is -0.175. The zero-order valence-electron chi connectivity index (χ0n) is 19.0. The Kier molecular flexibility index (Phi) is 7.69. The fourth-order valence-corrected chi connectivity index (χ4v) is 4.03. The van der Waals surface area contributed by atoms with E-state index in [1.54, 1.807) is 31.4 Å². The van der Waals surface area contributed by atoms with Crippen LogP contribution in [0, 0.1) is 0 Å². The van der Waals surface area contributed by atoms with Crippen LogP contribution < -0.4 is 16.4 Å². The molecule has 178 valence electrons. The zero-order chi connectivity index (χ0) is 24.8. The van der Waals surface area contributed by atoms with Gasteiger partial charge >= 0.3 is 0 Å². The van der Waals surface area contributed by atoms with Gasteiger partial charge in [0.25, 0.3) is 11.8 Å². The van der Waals surface area contributed by atoms with Gasteiger partial charge in [0.2, 0.25) is 0 Å². The molecule has 8 nitrogen and oxygen atoms in total. The number of para-hydroxylation sites is 1. The number of aromatic nitrogens is 2. The number of anilines is 2. The lowest BCUT2D eigenvalue weighted by Crippen LogP contribution is -2.16. The van der Waals surface area contributed by atoms with Crippen molar-refractivity contribution in [1.29, 1.82) is 0 Å². The van der Waals surface area contributed by atoms with Crippen molar-refractivity contribution < 1.29 is 14.3 Å². The summed E-state index contributed by atoms with van der Waals surface area (Å²) in [4.78, 5) is 33.2. The molecule has 0 aliphatic rings. The number of carbonyl (C=O) groups excluding carboxylic acids is 2. The van der Waals surface area contributed by atoms with Crippen molar-refractivity contribution in [2.24, 2.45) is 5.73 Å². The summed E-state index contributed by atoms with van der Waals surface area (Å²) in [7, 11) is 1.64. The summed E-state index contributed by atoms with van der Waals surface area (Å²) in [6.07, 6.45) is 2.04. The molecule has 0 aliphatic heterocycles. The summed E-state index contributed by atoms with van der Waals surface area (Å²) >= 11 is 3.38. The van der Waals surface area contributed by atoms with E-state index in [-0.39, 0.29) is 11.9 Å². The average Bonchev–Trinajstić information content (AvgIpc) is 2.86. The van der Waals surface area contributed by atoms with Crippen LogP contribution in [-0.4, -0.2) is 35.5 Å². The number of amides is 2. The number of fused-ring (bicyclic) bond motifs is 1. The first kappa shape index (κ1) is 24.3. The standard InChI is InChI=1S/C26H24BrN5O3/c1-35-13-12-22(32-25-21-7-3-6-20(24(28)33)23(21)29-15-30-25)17-4-2-5-19(14-17)31-26(34)16-8-10-18(27)11-9-16/h2-11,14-15,22H,12-13H2,1H3,(H2,28,33)(H,31,34)(H,29,30,32). The SMILES string of the molecule is COCCC(Nc1ncnc2c(C(N)=O)cccc12)c1cccc(NC(=O)c2ccc(Br)cc2)c1. The second-order valence-corrected chi connectivity index (χ2v) is 8.77. The number of halogens is 1. The second-order valence-electron chi connectivity index (χ2n) is 7.85. The normalized spacial score (nSPS) is 11.7. The first-order valence-corrected chi connectivity index (χ1v) is 11.7. The molecule has 0 aliphatic carbocycles. The number of methoxy groups -OCH3 is 1. The molecule has 35 heavy (non-hydrogen) atoms. The molecule has 0 spiro atoms. The van der Waals surface area contributed by atoms with E-state index in [1.807, 2.05) is 42.5 Å².